The Labute approximate surface area is 266 Å². The number of amides is 2. The molecule has 0 bridgehead atoms. The van der Waals surface area contributed by atoms with Crippen LogP contribution in [-0.2, 0) is 15.3 Å². The molecule has 1 N–H and O–H groups in total. The standard InChI is InChI=1S/C30H29N5O4S4/c36-25(32-28-34-33-26(43-28)18-41-29-31-21-12-5-7-14-23(21)39-29)15-8-16-35-27(37)24(42-30(35)40)17-19-9-4-6-13-22(19)38-20-10-2-1-3-11-20/h4-7,9,12-14,17,20H,1-3,8,10-11,15-16,18H2,(H,32,34,36)/b24-17-. The lowest BCUT2D eigenvalue weighted by Crippen LogP contribution is -2.29. The van der Waals surface area contributed by atoms with Gasteiger partial charge in [0.25, 0.3) is 11.1 Å². The van der Waals surface area contributed by atoms with Crippen molar-refractivity contribution >= 4 is 85.5 Å². The molecule has 9 nitrogen and oxygen atoms in total. The molecule has 222 valence electrons. The van der Waals surface area contributed by atoms with Gasteiger partial charge in [0.2, 0.25) is 11.0 Å². The second kappa shape index (κ2) is 14.0. The maximum atomic E-state index is 13.2. The summed E-state index contributed by atoms with van der Waals surface area (Å²) in [5, 5.41) is 12.8. The lowest BCUT2D eigenvalue weighted by Gasteiger charge is -2.23. The first-order chi connectivity index (χ1) is 21.0. The lowest BCUT2D eigenvalue weighted by atomic mass is 9.97. The highest BCUT2D eigenvalue weighted by molar-refractivity contribution is 8.26. The molecule has 13 heteroatoms. The molecule has 4 aromatic rings. The third-order valence-electron chi connectivity index (χ3n) is 7.02. The van der Waals surface area contributed by atoms with Gasteiger partial charge in [-0.1, -0.05) is 83.8 Å². The van der Waals surface area contributed by atoms with E-state index in [0.29, 0.717) is 38.3 Å². The van der Waals surface area contributed by atoms with Crippen LogP contribution in [0.15, 0.2) is 63.1 Å². The number of oxazole rings is 1. The van der Waals surface area contributed by atoms with Gasteiger partial charge in [-0.05, 0) is 56.4 Å². The number of para-hydroxylation sites is 3. The predicted octanol–water partition coefficient (Wildman–Crippen LogP) is 7.30. The molecule has 1 aliphatic carbocycles. The number of ether oxygens (including phenoxy) is 1. The number of anilines is 1. The van der Waals surface area contributed by atoms with Crippen LogP contribution in [0, 0.1) is 0 Å². The largest absolute Gasteiger partial charge is 0.490 e. The van der Waals surface area contributed by atoms with Crippen LogP contribution in [-0.4, -0.2) is 48.9 Å². The fraction of sp³-hybridized carbons (Fsp3) is 0.333. The fourth-order valence-electron chi connectivity index (χ4n) is 4.88. The quantitative estimate of drug-likeness (QED) is 0.101. The topological polar surface area (TPSA) is 110 Å². The molecule has 0 unspecified atom stereocenters. The van der Waals surface area contributed by atoms with Crippen LogP contribution in [0.2, 0.25) is 0 Å². The number of nitrogens with one attached hydrogen (secondary N) is 1. The summed E-state index contributed by atoms with van der Waals surface area (Å²) < 4.78 is 12.5. The SMILES string of the molecule is O=C(CCCN1C(=O)/C(=C/c2ccccc2OC2CCCCC2)SC1=S)Nc1nnc(CSc2nc3ccccc3o2)s1. The molecule has 43 heavy (non-hydrogen) atoms. The molecule has 2 aromatic heterocycles. The Bertz CT molecular complexity index is 1630. The number of thiocarbonyl (C=S) groups is 1. The average molecular weight is 652 g/mol. The molecule has 2 fully saturated rings. The molecule has 6 rings (SSSR count). The maximum absolute atomic E-state index is 13.2. The van der Waals surface area contributed by atoms with E-state index in [0.717, 1.165) is 40.3 Å². The van der Waals surface area contributed by atoms with Gasteiger partial charge in [-0.2, -0.15) is 0 Å². The number of thioether (sulfide) groups is 2. The molecular weight excluding hydrogens is 623 g/mol. The van der Waals surface area contributed by atoms with Crippen molar-refractivity contribution in [1.29, 1.82) is 0 Å². The second-order valence-electron chi connectivity index (χ2n) is 10.1. The Kier molecular flexibility index (Phi) is 9.71. The summed E-state index contributed by atoms with van der Waals surface area (Å²) >= 11 is 9.52. The van der Waals surface area contributed by atoms with Gasteiger partial charge in [-0.15, -0.1) is 10.2 Å². The van der Waals surface area contributed by atoms with Crippen molar-refractivity contribution in [3.05, 3.63) is 64.0 Å². The minimum Gasteiger partial charge on any atom is -0.490 e. The Morgan fingerprint density at radius 3 is 2.81 bits per heavy atom. The minimum absolute atomic E-state index is 0.145. The van der Waals surface area contributed by atoms with Gasteiger partial charge < -0.3 is 14.5 Å². The van der Waals surface area contributed by atoms with Crippen LogP contribution in [0.25, 0.3) is 17.2 Å². The van der Waals surface area contributed by atoms with Gasteiger partial charge in [0, 0.05) is 18.5 Å². The van der Waals surface area contributed by atoms with E-state index in [-0.39, 0.29) is 24.3 Å². The van der Waals surface area contributed by atoms with Crippen LogP contribution in [0.1, 0.15) is 55.5 Å². The summed E-state index contributed by atoms with van der Waals surface area (Å²) in [6, 6.07) is 15.4. The van der Waals surface area contributed by atoms with Gasteiger partial charge in [0.1, 0.15) is 20.6 Å². The summed E-state index contributed by atoms with van der Waals surface area (Å²) in [6.07, 6.45) is 8.52. The summed E-state index contributed by atoms with van der Waals surface area (Å²) in [5.41, 5.74) is 2.42. The van der Waals surface area contributed by atoms with Crippen molar-refractivity contribution in [1.82, 2.24) is 20.1 Å². The maximum Gasteiger partial charge on any atom is 0.266 e. The smallest absolute Gasteiger partial charge is 0.266 e. The highest BCUT2D eigenvalue weighted by Crippen LogP contribution is 2.35. The van der Waals surface area contributed by atoms with Crippen LogP contribution >= 0.6 is 47.1 Å². The van der Waals surface area contributed by atoms with E-state index >= 15 is 0 Å². The number of fused-ring (bicyclic) bond motifs is 1. The van der Waals surface area contributed by atoms with Gasteiger partial charge in [-0.25, -0.2) is 4.98 Å². The molecule has 2 aliphatic rings. The number of nitrogens with zero attached hydrogens (tertiary/aromatic N) is 4. The molecule has 3 heterocycles. The van der Waals surface area contributed by atoms with Gasteiger partial charge >= 0.3 is 0 Å². The third-order valence-corrected chi connectivity index (χ3v) is 10.3. The monoisotopic (exact) mass is 651 g/mol. The van der Waals surface area contributed by atoms with E-state index in [9.17, 15) is 9.59 Å². The van der Waals surface area contributed by atoms with E-state index in [1.54, 1.807) is 4.90 Å². The van der Waals surface area contributed by atoms with Gasteiger partial charge in [0.05, 0.1) is 16.8 Å². The Morgan fingerprint density at radius 2 is 1.95 bits per heavy atom. The molecule has 0 radical (unpaired) electrons. The first-order valence-corrected chi connectivity index (χ1v) is 17.2. The van der Waals surface area contributed by atoms with Crippen LogP contribution in [0.4, 0.5) is 5.13 Å². The van der Waals surface area contributed by atoms with Crippen molar-refractivity contribution in [2.24, 2.45) is 0 Å². The highest BCUT2D eigenvalue weighted by atomic mass is 32.2. The van der Waals surface area contributed by atoms with Crippen molar-refractivity contribution in [2.45, 2.75) is 62.0 Å². The van der Waals surface area contributed by atoms with Gasteiger partial charge in [-0.3, -0.25) is 14.5 Å². The van der Waals surface area contributed by atoms with E-state index in [1.807, 2.05) is 54.6 Å². The van der Waals surface area contributed by atoms with Crippen molar-refractivity contribution in [3.8, 4) is 5.75 Å². The van der Waals surface area contributed by atoms with Crippen LogP contribution < -0.4 is 10.1 Å². The van der Waals surface area contributed by atoms with E-state index < -0.39 is 0 Å². The van der Waals surface area contributed by atoms with Crippen molar-refractivity contribution in [2.75, 3.05) is 11.9 Å². The predicted molar refractivity (Wildman–Crippen MR) is 175 cm³/mol. The van der Waals surface area contributed by atoms with Crippen LogP contribution in [0.5, 0.6) is 5.75 Å². The number of carbonyl (C=O) groups is 2. The zero-order valence-corrected chi connectivity index (χ0v) is 26.5. The summed E-state index contributed by atoms with van der Waals surface area (Å²) in [4.78, 5) is 32.3. The van der Waals surface area contributed by atoms with E-state index in [1.165, 1.54) is 54.1 Å². The number of benzene rings is 2. The molecule has 1 saturated carbocycles. The van der Waals surface area contributed by atoms with Crippen molar-refractivity contribution < 1.29 is 18.7 Å². The normalized spacial score (nSPS) is 16.8. The zero-order chi connectivity index (χ0) is 29.6. The molecule has 0 spiro atoms. The lowest BCUT2D eigenvalue weighted by molar-refractivity contribution is -0.122. The molecular formula is C30H29N5O4S4. The number of aromatic nitrogens is 3. The summed E-state index contributed by atoms with van der Waals surface area (Å²) in [5.74, 6) is 0.984. The minimum atomic E-state index is -0.191. The number of hydrogen-bond donors (Lipinski definition) is 1. The highest BCUT2D eigenvalue weighted by Gasteiger charge is 2.32. The Morgan fingerprint density at radius 1 is 1.14 bits per heavy atom. The molecule has 1 saturated heterocycles. The van der Waals surface area contributed by atoms with Crippen molar-refractivity contribution in [3.63, 3.8) is 0 Å². The second-order valence-corrected chi connectivity index (χ2v) is 13.8. The Hall–Kier alpha value is -3.26. The fourth-order valence-corrected chi connectivity index (χ4v) is 7.76. The average Bonchev–Trinajstić information content (AvgIpc) is 3.71. The number of carbonyl (C=O) groups excluding carboxylic acids is 2. The van der Waals surface area contributed by atoms with E-state index in [2.05, 4.69) is 20.5 Å². The molecule has 2 aromatic carbocycles. The summed E-state index contributed by atoms with van der Waals surface area (Å²) in [7, 11) is 0. The first-order valence-electron chi connectivity index (χ1n) is 14.1. The zero-order valence-electron chi connectivity index (χ0n) is 23.2. The van der Waals surface area contributed by atoms with E-state index in [4.69, 9.17) is 21.4 Å². The third kappa shape index (κ3) is 7.64. The van der Waals surface area contributed by atoms with Crippen LogP contribution in [0.3, 0.4) is 0 Å². The Balaban J connectivity index is 0.972. The molecule has 1 aliphatic heterocycles. The molecule has 2 amide bonds. The number of rotatable bonds is 11. The first kappa shape index (κ1) is 29.8. The molecule has 0 atom stereocenters. The number of hydrogen-bond acceptors (Lipinski definition) is 11. The van der Waals surface area contributed by atoms with Gasteiger partial charge in [0.15, 0.2) is 5.58 Å². The summed E-state index contributed by atoms with van der Waals surface area (Å²) in [6.45, 7) is 0.359.